The lowest BCUT2D eigenvalue weighted by atomic mass is 10.3. The number of rotatable bonds is 4. The average Bonchev–Trinajstić information content (AvgIpc) is 2.75. The molecular formula is C17H23N7O2. The molecule has 2 aliphatic heterocycles. The molecule has 0 amide bonds. The highest BCUT2D eigenvalue weighted by molar-refractivity contribution is 5.45. The summed E-state index contributed by atoms with van der Waals surface area (Å²) in [5, 5.41) is 0. The number of piperazine rings is 1. The van der Waals surface area contributed by atoms with Crippen LogP contribution in [0, 0.1) is 0 Å². The fourth-order valence-electron chi connectivity index (χ4n) is 3.17. The van der Waals surface area contributed by atoms with Gasteiger partial charge in [0.05, 0.1) is 20.3 Å². The van der Waals surface area contributed by atoms with Crippen LogP contribution in [-0.4, -0.2) is 79.5 Å². The van der Waals surface area contributed by atoms with Gasteiger partial charge >= 0.3 is 0 Å². The normalized spacial score (nSPS) is 18.1. The Labute approximate surface area is 152 Å². The van der Waals surface area contributed by atoms with Gasteiger partial charge in [0.1, 0.15) is 5.82 Å². The molecule has 26 heavy (non-hydrogen) atoms. The first kappa shape index (κ1) is 16.8. The van der Waals surface area contributed by atoms with Gasteiger partial charge in [-0.05, 0) is 6.07 Å². The number of anilines is 3. The van der Waals surface area contributed by atoms with Gasteiger partial charge in [-0.15, -0.1) is 0 Å². The van der Waals surface area contributed by atoms with E-state index in [2.05, 4.69) is 29.7 Å². The number of aromatic nitrogens is 4. The second-order valence-electron chi connectivity index (χ2n) is 6.19. The minimum absolute atomic E-state index is 0.582. The highest BCUT2D eigenvalue weighted by Crippen LogP contribution is 2.19. The topological polar surface area (TPSA) is 79.7 Å². The zero-order chi connectivity index (χ0) is 17.8. The highest BCUT2D eigenvalue weighted by atomic mass is 16.5. The van der Waals surface area contributed by atoms with Crippen molar-refractivity contribution in [3.8, 4) is 5.88 Å². The molecular weight excluding hydrogens is 334 g/mol. The smallest absolute Gasteiger partial charge is 0.228 e. The van der Waals surface area contributed by atoms with E-state index in [1.54, 1.807) is 19.4 Å². The minimum atomic E-state index is 0.582. The predicted molar refractivity (Wildman–Crippen MR) is 98.1 cm³/mol. The summed E-state index contributed by atoms with van der Waals surface area (Å²) >= 11 is 0. The van der Waals surface area contributed by atoms with E-state index >= 15 is 0 Å². The molecule has 2 aliphatic rings. The standard InChI is InChI=1S/C17H23N7O2/c1-25-15-3-5-19-17(21-15)24-8-6-23(7-9-24)16-18-4-2-14(20-16)22-10-12-26-13-11-22/h2-5H,6-13H2,1H3. The van der Waals surface area contributed by atoms with E-state index in [0.29, 0.717) is 11.8 Å². The summed E-state index contributed by atoms with van der Waals surface area (Å²) in [6.07, 6.45) is 3.56. The maximum absolute atomic E-state index is 5.42. The Balaban J connectivity index is 1.41. The van der Waals surface area contributed by atoms with E-state index in [-0.39, 0.29) is 0 Å². The van der Waals surface area contributed by atoms with Gasteiger partial charge in [0, 0.05) is 57.7 Å². The summed E-state index contributed by atoms with van der Waals surface area (Å²) in [4.78, 5) is 24.6. The summed E-state index contributed by atoms with van der Waals surface area (Å²) in [6, 6.07) is 3.72. The zero-order valence-electron chi connectivity index (χ0n) is 14.9. The molecule has 4 rings (SSSR count). The fourth-order valence-corrected chi connectivity index (χ4v) is 3.17. The first-order chi connectivity index (χ1) is 12.8. The molecule has 138 valence electrons. The molecule has 0 spiro atoms. The van der Waals surface area contributed by atoms with Crippen molar-refractivity contribution in [1.29, 1.82) is 0 Å². The van der Waals surface area contributed by atoms with E-state index < -0.39 is 0 Å². The third kappa shape index (κ3) is 3.62. The Morgan fingerprint density at radius 2 is 1.42 bits per heavy atom. The number of ether oxygens (including phenoxy) is 2. The molecule has 2 fully saturated rings. The molecule has 0 N–H and O–H groups in total. The van der Waals surface area contributed by atoms with Gasteiger partial charge in [0.25, 0.3) is 0 Å². The van der Waals surface area contributed by atoms with Crippen molar-refractivity contribution in [2.45, 2.75) is 0 Å². The molecule has 0 bridgehead atoms. The van der Waals surface area contributed by atoms with Crippen LogP contribution in [0.25, 0.3) is 0 Å². The molecule has 2 saturated heterocycles. The first-order valence-corrected chi connectivity index (χ1v) is 8.86. The summed E-state index contributed by atoms with van der Waals surface area (Å²) in [5.41, 5.74) is 0. The number of hydrogen-bond donors (Lipinski definition) is 0. The van der Waals surface area contributed by atoms with Gasteiger partial charge in [0.2, 0.25) is 17.8 Å². The highest BCUT2D eigenvalue weighted by Gasteiger charge is 2.22. The first-order valence-electron chi connectivity index (χ1n) is 8.86. The number of hydrogen-bond acceptors (Lipinski definition) is 9. The summed E-state index contributed by atoms with van der Waals surface area (Å²) in [5.74, 6) is 3.03. The van der Waals surface area contributed by atoms with Gasteiger partial charge in [-0.2, -0.15) is 9.97 Å². The van der Waals surface area contributed by atoms with E-state index in [1.807, 2.05) is 12.3 Å². The van der Waals surface area contributed by atoms with Crippen LogP contribution in [0.5, 0.6) is 5.88 Å². The molecule has 0 aliphatic carbocycles. The summed E-state index contributed by atoms with van der Waals surface area (Å²) in [6.45, 7) is 6.53. The third-order valence-corrected chi connectivity index (χ3v) is 4.64. The predicted octanol–water partition coefficient (Wildman–Crippen LogP) is 0.438. The Bertz CT molecular complexity index is 731. The van der Waals surface area contributed by atoms with Crippen LogP contribution in [0.1, 0.15) is 0 Å². The Kier molecular flexibility index (Phi) is 4.96. The lowest BCUT2D eigenvalue weighted by Crippen LogP contribution is -2.47. The van der Waals surface area contributed by atoms with Crippen molar-refractivity contribution in [2.75, 3.05) is 74.3 Å². The Hall–Kier alpha value is -2.68. The maximum Gasteiger partial charge on any atom is 0.228 e. The minimum Gasteiger partial charge on any atom is -0.481 e. The van der Waals surface area contributed by atoms with Gasteiger partial charge < -0.3 is 24.2 Å². The second kappa shape index (κ2) is 7.69. The van der Waals surface area contributed by atoms with E-state index in [9.17, 15) is 0 Å². The van der Waals surface area contributed by atoms with Crippen LogP contribution in [0.2, 0.25) is 0 Å². The maximum atomic E-state index is 5.42. The Morgan fingerprint density at radius 1 is 0.808 bits per heavy atom. The van der Waals surface area contributed by atoms with Crippen molar-refractivity contribution in [3.63, 3.8) is 0 Å². The lowest BCUT2D eigenvalue weighted by Gasteiger charge is -2.35. The zero-order valence-corrected chi connectivity index (χ0v) is 14.9. The van der Waals surface area contributed by atoms with Crippen LogP contribution < -0.4 is 19.4 Å². The third-order valence-electron chi connectivity index (χ3n) is 4.64. The molecule has 2 aromatic heterocycles. The van der Waals surface area contributed by atoms with Gasteiger partial charge in [-0.25, -0.2) is 9.97 Å². The average molecular weight is 357 g/mol. The van der Waals surface area contributed by atoms with Crippen LogP contribution in [0.4, 0.5) is 17.7 Å². The molecule has 0 radical (unpaired) electrons. The molecule has 0 atom stereocenters. The summed E-state index contributed by atoms with van der Waals surface area (Å²) in [7, 11) is 1.61. The second-order valence-corrected chi connectivity index (χ2v) is 6.19. The van der Waals surface area contributed by atoms with Crippen molar-refractivity contribution >= 4 is 17.7 Å². The number of methoxy groups -OCH3 is 1. The largest absolute Gasteiger partial charge is 0.481 e. The van der Waals surface area contributed by atoms with Gasteiger partial charge in [-0.3, -0.25) is 0 Å². The van der Waals surface area contributed by atoms with Gasteiger partial charge in [-0.1, -0.05) is 0 Å². The van der Waals surface area contributed by atoms with Crippen molar-refractivity contribution in [2.24, 2.45) is 0 Å². The molecule has 4 heterocycles. The molecule has 2 aromatic rings. The van der Waals surface area contributed by atoms with Crippen LogP contribution in [0.3, 0.4) is 0 Å². The van der Waals surface area contributed by atoms with E-state index in [4.69, 9.17) is 14.5 Å². The molecule has 0 aromatic carbocycles. The van der Waals surface area contributed by atoms with Crippen molar-refractivity contribution < 1.29 is 9.47 Å². The molecule has 0 saturated carbocycles. The lowest BCUT2D eigenvalue weighted by molar-refractivity contribution is 0.122. The van der Waals surface area contributed by atoms with Gasteiger partial charge in [0.15, 0.2) is 0 Å². The number of nitrogens with zero attached hydrogens (tertiary/aromatic N) is 7. The molecule has 9 nitrogen and oxygen atoms in total. The summed E-state index contributed by atoms with van der Waals surface area (Å²) < 4.78 is 10.6. The van der Waals surface area contributed by atoms with Crippen molar-refractivity contribution in [1.82, 2.24) is 19.9 Å². The van der Waals surface area contributed by atoms with Crippen molar-refractivity contribution in [3.05, 3.63) is 24.5 Å². The number of morpholine rings is 1. The molecule has 0 unspecified atom stereocenters. The van der Waals surface area contributed by atoms with Crippen LogP contribution in [-0.2, 0) is 4.74 Å². The van der Waals surface area contributed by atoms with E-state index in [0.717, 1.165) is 64.2 Å². The monoisotopic (exact) mass is 357 g/mol. The fraction of sp³-hybridized carbons (Fsp3) is 0.529. The van der Waals surface area contributed by atoms with E-state index in [1.165, 1.54) is 0 Å². The Morgan fingerprint density at radius 3 is 2.08 bits per heavy atom. The quantitative estimate of drug-likeness (QED) is 0.774. The van der Waals surface area contributed by atoms with Crippen LogP contribution >= 0.6 is 0 Å². The molecule has 9 heteroatoms. The SMILES string of the molecule is COc1ccnc(N2CCN(c3nccc(N4CCOCC4)n3)CC2)n1. The van der Waals surface area contributed by atoms with Crippen LogP contribution in [0.15, 0.2) is 24.5 Å².